The van der Waals surface area contributed by atoms with Crippen LogP contribution in [0.4, 0.5) is 4.79 Å². The van der Waals surface area contributed by atoms with Crippen LogP contribution >= 0.6 is 0 Å². The van der Waals surface area contributed by atoms with Gasteiger partial charge in [0.05, 0.1) is 0 Å². The minimum atomic E-state index is -1.13. The number of nitrogens with two attached hydrogens (primary N) is 1. The van der Waals surface area contributed by atoms with E-state index in [2.05, 4.69) is 17.4 Å². The van der Waals surface area contributed by atoms with E-state index in [0.717, 1.165) is 22.3 Å². The molecule has 0 unspecified atom stereocenters. The lowest BCUT2D eigenvalue weighted by Crippen LogP contribution is -2.42. The number of amides is 1. The average molecular weight is 340 g/mol. The van der Waals surface area contributed by atoms with Gasteiger partial charge in [0.15, 0.2) is 0 Å². The normalized spacial score (nSPS) is 13.6. The zero-order valence-electron chi connectivity index (χ0n) is 13.6. The van der Waals surface area contributed by atoms with Crippen molar-refractivity contribution in [3.8, 4) is 11.1 Å². The van der Waals surface area contributed by atoms with Crippen molar-refractivity contribution in [1.82, 2.24) is 5.32 Å². The summed E-state index contributed by atoms with van der Waals surface area (Å²) in [5.41, 5.74) is 9.85. The summed E-state index contributed by atoms with van der Waals surface area (Å²) in [4.78, 5) is 23.1. The summed E-state index contributed by atoms with van der Waals surface area (Å²) < 4.78 is 5.31. The molecule has 0 heterocycles. The van der Waals surface area contributed by atoms with Gasteiger partial charge in [-0.1, -0.05) is 48.5 Å². The molecule has 4 N–H and O–H groups in total. The molecule has 0 fully saturated rings. The van der Waals surface area contributed by atoms with Crippen LogP contribution in [-0.2, 0) is 9.53 Å². The molecule has 6 heteroatoms. The third-order valence-corrected chi connectivity index (χ3v) is 4.39. The fourth-order valence-corrected chi connectivity index (χ4v) is 3.21. The summed E-state index contributed by atoms with van der Waals surface area (Å²) >= 11 is 0. The number of carboxylic acid groups (broad SMARTS) is 1. The van der Waals surface area contributed by atoms with Crippen LogP contribution in [0.3, 0.4) is 0 Å². The Morgan fingerprint density at radius 2 is 1.64 bits per heavy atom. The first-order valence-corrected chi connectivity index (χ1v) is 8.16. The topological polar surface area (TPSA) is 102 Å². The zero-order chi connectivity index (χ0) is 17.8. The van der Waals surface area contributed by atoms with Gasteiger partial charge in [-0.15, -0.1) is 0 Å². The van der Waals surface area contributed by atoms with E-state index >= 15 is 0 Å². The van der Waals surface area contributed by atoms with Gasteiger partial charge in [-0.3, -0.25) is 0 Å². The van der Waals surface area contributed by atoms with Crippen LogP contribution < -0.4 is 11.1 Å². The molecule has 2 aromatic carbocycles. The van der Waals surface area contributed by atoms with Crippen LogP contribution in [0.25, 0.3) is 11.1 Å². The Morgan fingerprint density at radius 3 is 2.16 bits per heavy atom. The van der Waals surface area contributed by atoms with E-state index in [1.165, 1.54) is 0 Å². The molecule has 1 amide bonds. The molecule has 0 aliphatic heterocycles. The molecule has 0 aromatic heterocycles. The van der Waals surface area contributed by atoms with E-state index in [9.17, 15) is 9.59 Å². The Kier molecular flexibility index (Phi) is 5.00. The molecular weight excluding hydrogens is 320 g/mol. The molecule has 0 saturated carbocycles. The van der Waals surface area contributed by atoms with Gasteiger partial charge in [0.2, 0.25) is 0 Å². The summed E-state index contributed by atoms with van der Waals surface area (Å²) in [6.07, 6.45) is -0.595. The number of nitrogens with one attached hydrogen (secondary N) is 1. The second-order valence-electron chi connectivity index (χ2n) is 5.94. The largest absolute Gasteiger partial charge is 0.480 e. The molecule has 6 nitrogen and oxygen atoms in total. The minimum absolute atomic E-state index is 0.0593. The highest BCUT2D eigenvalue weighted by Gasteiger charge is 2.29. The van der Waals surface area contributed by atoms with E-state index in [1.54, 1.807) is 0 Å². The number of carbonyl (C=O) groups excluding carboxylic acids is 1. The van der Waals surface area contributed by atoms with E-state index < -0.39 is 18.1 Å². The fourth-order valence-electron chi connectivity index (χ4n) is 3.21. The standard InChI is InChI=1S/C19H20N2O4/c20-10-9-17(18(22)23)21-19(24)25-11-16-14-7-3-1-5-12(14)13-6-2-4-8-15(13)16/h1-8,16-17H,9-11,20H2,(H,21,24)(H,22,23)/t17-/m1/s1. The molecule has 1 aliphatic carbocycles. The van der Waals surface area contributed by atoms with Crippen molar-refractivity contribution >= 4 is 12.1 Å². The van der Waals surface area contributed by atoms with Crippen molar-refractivity contribution in [2.45, 2.75) is 18.4 Å². The number of hydrogen-bond donors (Lipinski definition) is 3. The maximum absolute atomic E-state index is 12.0. The van der Waals surface area contributed by atoms with Gasteiger partial charge in [0.25, 0.3) is 0 Å². The predicted molar refractivity (Wildman–Crippen MR) is 93.3 cm³/mol. The van der Waals surface area contributed by atoms with Crippen LogP contribution in [0, 0.1) is 0 Å². The van der Waals surface area contributed by atoms with Crippen LogP contribution in [0.5, 0.6) is 0 Å². The van der Waals surface area contributed by atoms with Gasteiger partial charge in [0, 0.05) is 5.92 Å². The Labute approximate surface area is 145 Å². The minimum Gasteiger partial charge on any atom is -0.480 e. The quantitative estimate of drug-likeness (QED) is 0.749. The molecule has 0 bridgehead atoms. The molecule has 3 rings (SSSR count). The van der Waals surface area contributed by atoms with Crippen LogP contribution in [0.2, 0.25) is 0 Å². The second-order valence-corrected chi connectivity index (χ2v) is 5.94. The number of carbonyl (C=O) groups is 2. The maximum Gasteiger partial charge on any atom is 0.407 e. The van der Waals surface area contributed by atoms with Crippen molar-refractivity contribution in [2.24, 2.45) is 5.73 Å². The maximum atomic E-state index is 12.0. The monoisotopic (exact) mass is 340 g/mol. The van der Waals surface area contributed by atoms with Crippen molar-refractivity contribution in [1.29, 1.82) is 0 Å². The summed E-state index contributed by atoms with van der Waals surface area (Å²) in [6, 6.07) is 15.0. The average Bonchev–Trinajstić information content (AvgIpc) is 2.93. The Bertz CT molecular complexity index is 745. The van der Waals surface area contributed by atoms with Gasteiger partial charge < -0.3 is 20.9 Å². The number of carboxylic acids is 1. The van der Waals surface area contributed by atoms with E-state index in [0.29, 0.717) is 0 Å². The van der Waals surface area contributed by atoms with E-state index in [-0.39, 0.29) is 25.5 Å². The second kappa shape index (κ2) is 7.36. The smallest absolute Gasteiger partial charge is 0.407 e. The number of aliphatic carboxylic acids is 1. The van der Waals surface area contributed by atoms with Crippen molar-refractivity contribution in [3.63, 3.8) is 0 Å². The number of alkyl carbamates (subject to hydrolysis) is 1. The van der Waals surface area contributed by atoms with Crippen molar-refractivity contribution in [2.75, 3.05) is 13.2 Å². The van der Waals surface area contributed by atoms with Gasteiger partial charge in [-0.25, -0.2) is 9.59 Å². The van der Waals surface area contributed by atoms with Gasteiger partial charge >= 0.3 is 12.1 Å². The van der Waals surface area contributed by atoms with E-state index in [1.807, 2.05) is 36.4 Å². The first kappa shape index (κ1) is 17.0. The lowest BCUT2D eigenvalue weighted by molar-refractivity contribution is -0.139. The third kappa shape index (κ3) is 3.49. The highest BCUT2D eigenvalue weighted by molar-refractivity contribution is 5.81. The Balaban J connectivity index is 1.71. The van der Waals surface area contributed by atoms with Crippen LogP contribution in [0.1, 0.15) is 23.5 Å². The molecular formula is C19H20N2O4. The highest BCUT2D eigenvalue weighted by Crippen LogP contribution is 2.44. The molecule has 0 spiro atoms. The van der Waals surface area contributed by atoms with Crippen LogP contribution in [-0.4, -0.2) is 36.4 Å². The number of benzene rings is 2. The number of fused-ring (bicyclic) bond motifs is 3. The molecule has 1 atom stereocenters. The molecule has 0 saturated heterocycles. The van der Waals surface area contributed by atoms with E-state index in [4.69, 9.17) is 15.6 Å². The molecule has 2 aromatic rings. The highest BCUT2D eigenvalue weighted by atomic mass is 16.5. The molecule has 0 radical (unpaired) electrons. The van der Waals surface area contributed by atoms with Gasteiger partial charge in [0.1, 0.15) is 12.6 Å². The Hall–Kier alpha value is -2.86. The van der Waals surface area contributed by atoms with Gasteiger partial charge in [-0.05, 0) is 35.2 Å². The lowest BCUT2D eigenvalue weighted by atomic mass is 9.98. The predicted octanol–water partition coefficient (Wildman–Crippen LogP) is 2.33. The molecule has 1 aliphatic rings. The zero-order valence-corrected chi connectivity index (χ0v) is 13.6. The third-order valence-electron chi connectivity index (χ3n) is 4.39. The summed E-state index contributed by atoms with van der Waals surface area (Å²) in [5.74, 6) is -1.19. The van der Waals surface area contributed by atoms with Gasteiger partial charge in [-0.2, -0.15) is 0 Å². The van der Waals surface area contributed by atoms with Crippen molar-refractivity contribution in [3.05, 3.63) is 59.7 Å². The first-order valence-electron chi connectivity index (χ1n) is 8.16. The number of hydrogen-bond acceptors (Lipinski definition) is 4. The van der Waals surface area contributed by atoms with Crippen LogP contribution in [0.15, 0.2) is 48.5 Å². The fraction of sp³-hybridized carbons (Fsp3) is 0.263. The summed E-state index contributed by atoms with van der Waals surface area (Å²) in [5, 5.41) is 11.4. The Morgan fingerprint density at radius 1 is 1.08 bits per heavy atom. The SMILES string of the molecule is NCC[C@@H](NC(=O)OCC1c2ccccc2-c2ccccc21)C(=O)O. The summed E-state index contributed by atoms with van der Waals surface area (Å²) in [6.45, 7) is 0.315. The number of ether oxygens (including phenoxy) is 1. The summed E-state index contributed by atoms with van der Waals surface area (Å²) in [7, 11) is 0. The lowest BCUT2D eigenvalue weighted by Gasteiger charge is -2.17. The first-order chi connectivity index (χ1) is 12.1. The molecule has 130 valence electrons. The number of rotatable bonds is 6. The molecule has 25 heavy (non-hydrogen) atoms. The van der Waals surface area contributed by atoms with Crippen molar-refractivity contribution < 1.29 is 19.4 Å².